The minimum Gasteiger partial charge on any atom is -0.492 e. The van der Waals surface area contributed by atoms with Crippen LogP contribution in [0, 0.1) is 0 Å². The summed E-state index contributed by atoms with van der Waals surface area (Å²) in [5, 5.41) is 7.10. The van der Waals surface area contributed by atoms with Crippen LogP contribution >= 0.6 is 0 Å². The number of nitrogens with one attached hydrogen (secondary N) is 1. The van der Waals surface area contributed by atoms with Crippen molar-refractivity contribution in [3.63, 3.8) is 0 Å². The van der Waals surface area contributed by atoms with E-state index < -0.39 is 0 Å². The molecule has 1 unspecified atom stereocenters. The van der Waals surface area contributed by atoms with Crippen molar-refractivity contribution in [1.29, 1.82) is 0 Å². The van der Waals surface area contributed by atoms with Crippen molar-refractivity contribution in [2.24, 2.45) is 0 Å². The molecule has 1 aromatic carbocycles. The van der Waals surface area contributed by atoms with Crippen molar-refractivity contribution in [2.45, 2.75) is 12.3 Å². The third-order valence-electron chi connectivity index (χ3n) is 3.65. The predicted molar refractivity (Wildman–Crippen MR) is 74.3 cm³/mol. The number of para-hydroxylation sites is 1. The molecule has 1 aliphatic rings. The number of likely N-dealkylation sites (tertiary alicyclic amines) is 1. The molecular weight excluding hydrogens is 238 g/mol. The first kappa shape index (κ1) is 12.2. The summed E-state index contributed by atoms with van der Waals surface area (Å²) in [4.78, 5) is 2.45. The number of H-pyrrole nitrogens is 1. The molecule has 3 rings (SSSR count). The Labute approximate surface area is 113 Å². The highest BCUT2D eigenvalue weighted by molar-refractivity contribution is 5.20. The zero-order valence-electron chi connectivity index (χ0n) is 11.0. The Morgan fingerprint density at radius 1 is 1.26 bits per heavy atom. The van der Waals surface area contributed by atoms with Crippen LogP contribution in [-0.4, -0.2) is 41.3 Å². The van der Waals surface area contributed by atoms with Gasteiger partial charge >= 0.3 is 0 Å². The van der Waals surface area contributed by atoms with Crippen LogP contribution in [0.4, 0.5) is 0 Å². The SMILES string of the molecule is c1ccc(OCCN2CCC(c3ccn[nH]3)C2)cc1. The van der Waals surface area contributed by atoms with Gasteiger partial charge in [0.25, 0.3) is 0 Å². The summed E-state index contributed by atoms with van der Waals surface area (Å²) in [7, 11) is 0. The maximum Gasteiger partial charge on any atom is 0.119 e. The minimum absolute atomic E-state index is 0.597. The van der Waals surface area contributed by atoms with Crippen LogP contribution in [0.15, 0.2) is 42.6 Å². The van der Waals surface area contributed by atoms with E-state index in [0.29, 0.717) is 5.92 Å². The molecule has 0 spiro atoms. The molecule has 0 radical (unpaired) electrons. The van der Waals surface area contributed by atoms with Gasteiger partial charge in [0.05, 0.1) is 0 Å². The Morgan fingerprint density at radius 2 is 2.16 bits per heavy atom. The van der Waals surface area contributed by atoms with E-state index >= 15 is 0 Å². The van der Waals surface area contributed by atoms with Gasteiger partial charge in [0.15, 0.2) is 0 Å². The second kappa shape index (κ2) is 5.89. The number of nitrogens with zero attached hydrogens (tertiary/aromatic N) is 2. The molecule has 0 saturated carbocycles. The van der Waals surface area contributed by atoms with Gasteiger partial charge in [-0.2, -0.15) is 5.10 Å². The maximum absolute atomic E-state index is 5.73. The summed E-state index contributed by atoms with van der Waals surface area (Å²) < 4.78 is 5.73. The summed E-state index contributed by atoms with van der Waals surface area (Å²) in [6.45, 7) is 3.97. The smallest absolute Gasteiger partial charge is 0.119 e. The highest BCUT2D eigenvalue weighted by Gasteiger charge is 2.24. The van der Waals surface area contributed by atoms with Gasteiger partial charge in [-0.3, -0.25) is 10.00 Å². The van der Waals surface area contributed by atoms with E-state index in [0.717, 1.165) is 32.0 Å². The van der Waals surface area contributed by atoms with E-state index in [-0.39, 0.29) is 0 Å². The molecule has 0 amide bonds. The molecule has 2 aromatic rings. The molecule has 4 heteroatoms. The van der Waals surface area contributed by atoms with Crippen LogP contribution in [0.25, 0.3) is 0 Å². The standard InChI is InChI=1S/C15H19N3O/c1-2-4-14(5-3-1)19-11-10-18-9-7-13(12-18)15-6-8-16-17-15/h1-6,8,13H,7,9-12H2,(H,16,17). The van der Waals surface area contributed by atoms with Gasteiger partial charge < -0.3 is 4.74 Å². The van der Waals surface area contributed by atoms with E-state index in [4.69, 9.17) is 4.74 Å². The van der Waals surface area contributed by atoms with Gasteiger partial charge in [-0.25, -0.2) is 0 Å². The summed E-state index contributed by atoms with van der Waals surface area (Å²) in [6, 6.07) is 12.1. The third-order valence-corrected chi connectivity index (χ3v) is 3.65. The van der Waals surface area contributed by atoms with Gasteiger partial charge in [0, 0.05) is 30.9 Å². The number of hydrogen-bond acceptors (Lipinski definition) is 3. The lowest BCUT2D eigenvalue weighted by molar-refractivity contribution is 0.236. The van der Waals surface area contributed by atoms with E-state index in [1.54, 1.807) is 0 Å². The van der Waals surface area contributed by atoms with Gasteiger partial charge in [0.2, 0.25) is 0 Å². The zero-order valence-corrected chi connectivity index (χ0v) is 11.0. The summed E-state index contributed by atoms with van der Waals surface area (Å²) in [5.41, 5.74) is 1.26. The highest BCUT2D eigenvalue weighted by Crippen LogP contribution is 2.24. The van der Waals surface area contributed by atoms with Crippen LogP contribution in [0.3, 0.4) is 0 Å². The van der Waals surface area contributed by atoms with Gasteiger partial charge in [-0.15, -0.1) is 0 Å². The fourth-order valence-corrected chi connectivity index (χ4v) is 2.59. The first-order valence-electron chi connectivity index (χ1n) is 6.81. The summed E-state index contributed by atoms with van der Waals surface area (Å²) in [6.07, 6.45) is 3.03. The van der Waals surface area contributed by atoms with Crippen LogP contribution in [0.5, 0.6) is 5.75 Å². The van der Waals surface area contributed by atoms with Crippen molar-refractivity contribution >= 4 is 0 Å². The van der Waals surface area contributed by atoms with Crippen molar-refractivity contribution in [2.75, 3.05) is 26.2 Å². The average molecular weight is 257 g/mol. The maximum atomic E-state index is 5.73. The Morgan fingerprint density at radius 3 is 2.95 bits per heavy atom. The van der Waals surface area contributed by atoms with Crippen LogP contribution < -0.4 is 4.74 Å². The fraction of sp³-hybridized carbons (Fsp3) is 0.400. The highest BCUT2D eigenvalue weighted by atomic mass is 16.5. The van der Waals surface area contributed by atoms with E-state index in [2.05, 4.69) is 21.2 Å². The number of rotatable bonds is 5. The molecule has 1 saturated heterocycles. The fourth-order valence-electron chi connectivity index (χ4n) is 2.59. The summed E-state index contributed by atoms with van der Waals surface area (Å²) >= 11 is 0. The predicted octanol–water partition coefficient (Wildman–Crippen LogP) is 2.28. The summed E-state index contributed by atoms with van der Waals surface area (Å²) in [5.74, 6) is 1.55. The Balaban J connectivity index is 1.43. The van der Waals surface area contributed by atoms with Crippen LogP contribution in [0.1, 0.15) is 18.0 Å². The Bertz CT molecular complexity index is 483. The topological polar surface area (TPSA) is 41.1 Å². The number of aromatic nitrogens is 2. The molecule has 1 aliphatic heterocycles. The van der Waals surface area contributed by atoms with Gasteiger partial charge in [0.1, 0.15) is 12.4 Å². The molecule has 1 atom stereocenters. The monoisotopic (exact) mass is 257 g/mol. The molecular formula is C15H19N3O. The lowest BCUT2D eigenvalue weighted by Crippen LogP contribution is -2.26. The first-order valence-corrected chi connectivity index (χ1v) is 6.81. The minimum atomic E-state index is 0.597. The normalized spacial score (nSPS) is 19.7. The van der Waals surface area contributed by atoms with E-state index in [1.165, 1.54) is 12.1 Å². The van der Waals surface area contributed by atoms with E-state index in [1.807, 2.05) is 36.5 Å². The number of benzene rings is 1. The zero-order chi connectivity index (χ0) is 12.9. The number of aromatic amines is 1. The largest absolute Gasteiger partial charge is 0.492 e. The van der Waals surface area contributed by atoms with E-state index in [9.17, 15) is 0 Å². The van der Waals surface area contributed by atoms with Crippen LogP contribution in [-0.2, 0) is 0 Å². The molecule has 1 aromatic heterocycles. The molecule has 2 heterocycles. The van der Waals surface area contributed by atoms with Crippen molar-refractivity contribution in [3.05, 3.63) is 48.3 Å². The molecule has 100 valence electrons. The molecule has 1 N–H and O–H groups in total. The molecule has 4 nitrogen and oxygen atoms in total. The quantitative estimate of drug-likeness (QED) is 0.893. The number of hydrogen-bond donors (Lipinski definition) is 1. The van der Waals surface area contributed by atoms with Gasteiger partial charge in [-0.1, -0.05) is 18.2 Å². The van der Waals surface area contributed by atoms with Crippen molar-refractivity contribution < 1.29 is 4.74 Å². The lowest BCUT2D eigenvalue weighted by Gasteiger charge is -2.16. The van der Waals surface area contributed by atoms with Crippen molar-refractivity contribution in [3.8, 4) is 5.75 Å². The second-order valence-corrected chi connectivity index (χ2v) is 4.96. The van der Waals surface area contributed by atoms with Gasteiger partial charge in [-0.05, 0) is 31.2 Å². The molecule has 19 heavy (non-hydrogen) atoms. The lowest BCUT2D eigenvalue weighted by atomic mass is 10.1. The molecule has 0 aliphatic carbocycles. The second-order valence-electron chi connectivity index (χ2n) is 4.96. The average Bonchev–Trinajstić information content (AvgIpc) is 3.10. The first-order chi connectivity index (χ1) is 9.42. The Kier molecular flexibility index (Phi) is 3.79. The molecule has 1 fully saturated rings. The molecule has 0 bridgehead atoms. The third kappa shape index (κ3) is 3.15. The van der Waals surface area contributed by atoms with Crippen molar-refractivity contribution in [1.82, 2.24) is 15.1 Å². The number of ether oxygens (including phenoxy) is 1. The van der Waals surface area contributed by atoms with Crippen LogP contribution in [0.2, 0.25) is 0 Å². The Hall–Kier alpha value is -1.81.